The molecule has 0 bridgehead atoms. The summed E-state index contributed by atoms with van der Waals surface area (Å²) in [5, 5.41) is 0. The monoisotopic (exact) mass is 283 g/mol. The minimum Gasteiger partial charge on any atom is -0.496 e. The van der Waals surface area contributed by atoms with Gasteiger partial charge in [-0.1, -0.05) is 6.42 Å². The average Bonchev–Trinajstić information content (AvgIpc) is 2.43. The molecule has 1 unspecified atom stereocenters. The molecule has 0 spiro atoms. The second kappa shape index (κ2) is 8.80. The predicted octanol–water partition coefficient (Wildman–Crippen LogP) is 3.28. The van der Waals surface area contributed by atoms with E-state index in [0.717, 1.165) is 48.3 Å². The third-order valence-electron chi connectivity index (χ3n) is 3.31. The fraction of sp³-hybridized carbons (Fsp3) is 0.625. The van der Waals surface area contributed by atoms with Crippen molar-refractivity contribution >= 4 is 0 Å². The number of methoxy groups -OCH3 is 2. The van der Waals surface area contributed by atoms with Crippen molar-refractivity contribution in [3.8, 4) is 11.5 Å². The van der Waals surface area contributed by atoms with Crippen molar-refractivity contribution < 1.29 is 13.9 Å². The Hall–Kier alpha value is -1.29. The minimum atomic E-state index is -0.242. The van der Waals surface area contributed by atoms with E-state index in [1.54, 1.807) is 14.2 Å². The van der Waals surface area contributed by atoms with Crippen molar-refractivity contribution in [1.82, 2.24) is 0 Å². The Morgan fingerprint density at radius 3 is 2.20 bits per heavy atom. The van der Waals surface area contributed by atoms with E-state index in [1.807, 2.05) is 19.1 Å². The molecule has 0 amide bonds. The van der Waals surface area contributed by atoms with Gasteiger partial charge in [0.1, 0.15) is 11.5 Å². The van der Waals surface area contributed by atoms with Gasteiger partial charge in [-0.3, -0.25) is 4.39 Å². The second-order valence-corrected chi connectivity index (χ2v) is 5.16. The number of alkyl halides is 1. The van der Waals surface area contributed by atoms with Gasteiger partial charge in [0, 0.05) is 6.04 Å². The number of hydrogen-bond donors (Lipinski definition) is 1. The summed E-state index contributed by atoms with van der Waals surface area (Å²) in [6, 6.07) is 4.10. The summed E-state index contributed by atoms with van der Waals surface area (Å²) < 4.78 is 23.0. The minimum absolute atomic E-state index is 0.0732. The topological polar surface area (TPSA) is 44.5 Å². The van der Waals surface area contributed by atoms with Crippen LogP contribution in [0.1, 0.15) is 37.3 Å². The standard InChI is InChI=1S/C16H26FNO2/c1-12(18)9-14-11-15(19-2)13(10-16(14)20-3)7-5-4-6-8-17/h10-12H,4-9,18H2,1-3H3. The predicted molar refractivity (Wildman–Crippen MR) is 80.4 cm³/mol. The summed E-state index contributed by atoms with van der Waals surface area (Å²) in [7, 11) is 3.34. The van der Waals surface area contributed by atoms with E-state index >= 15 is 0 Å². The quantitative estimate of drug-likeness (QED) is 0.707. The smallest absolute Gasteiger partial charge is 0.122 e. The van der Waals surface area contributed by atoms with Crippen LogP contribution in [0.25, 0.3) is 0 Å². The number of hydrogen-bond acceptors (Lipinski definition) is 3. The zero-order valence-electron chi connectivity index (χ0n) is 12.7. The number of benzene rings is 1. The van der Waals surface area contributed by atoms with Crippen LogP contribution in [0.5, 0.6) is 11.5 Å². The first kappa shape index (κ1) is 16.8. The molecule has 1 aromatic rings. The van der Waals surface area contributed by atoms with Crippen LogP contribution in [-0.2, 0) is 12.8 Å². The normalized spacial score (nSPS) is 12.2. The lowest BCUT2D eigenvalue weighted by molar-refractivity contribution is 0.392. The molecule has 0 fully saturated rings. The molecule has 2 N–H and O–H groups in total. The molecule has 1 rings (SSSR count). The van der Waals surface area contributed by atoms with Crippen LogP contribution in [0.15, 0.2) is 12.1 Å². The Morgan fingerprint density at radius 1 is 1.05 bits per heavy atom. The Morgan fingerprint density at radius 2 is 1.65 bits per heavy atom. The number of unbranched alkanes of at least 4 members (excludes halogenated alkanes) is 2. The van der Waals surface area contributed by atoms with Crippen molar-refractivity contribution in [2.75, 3.05) is 20.9 Å². The summed E-state index contributed by atoms with van der Waals surface area (Å²) >= 11 is 0. The molecule has 0 radical (unpaired) electrons. The van der Waals surface area contributed by atoms with Gasteiger partial charge in [0.15, 0.2) is 0 Å². The van der Waals surface area contributed by atoms with E-state index in [1.165, 1.54) is 0 Å². The molecule has 20 heavy (non-hydrogen) atoms. The number of rotatable bonds is 9. The molecule has 114 valence electrons. The molecular weight excluding hydrogens is 257 g/mol. The molecule has 0 aliphatic carbocycles. The summed E-state index contributed by atoms with van der Waals surface area (Å²) in [6.07, 6.45) is 4.10. The maximum atomic E-state index is 12.1. The molecule has 0 saturated carbocycles. The van der Waals surface area contributed by atoms with Crippen molar-refractivity contribution in [2.45, 2.75) is 45.1 Å². The molecule has 0 aliphatic heterocycles. The molecular formula is C16H26FNO2. The van der Waals surface area contributed by atoms with Gasteiger partial charge < -0.3 is 15.2 Å². The van der Waals surface area contributed by atoms with E-state index in [-0.39, 0.29) is 12.7 Å². The van der Waals surface area contributed by atoms with Crippen LogP contribution >= 0.6 is 0 Å². The molecule has 0 heterocycles. The largest absolute Gasteiger partial charge is 0.496 e. The molecule has 1 atom stereocenters. The maximum Gasteiger partial charge on any atom is 0.122 e. The summed E-state index contributed by atoms with van der Waals surface area (Å²) in [6.45, 7) is 1.73. The number of ether oxygens (including phenoxy) is 2. The first-order valence-electron chi connectivity index (χ1n) is 7.17. The van der Waals surface area contributed by atoms with E-state index < -0.39 is 0 Å². The lowest BCUT2D eigenvalue weighted by Gasteiger charge is -2.16. The van der Waals surface area contributed by atoms with Gasteiger partial charge in [0.05, 0.1) is 20.9 Å². The lowest BCUT2D eigenvalue weighted by atomic mass is 10.00. The Kier molecular flexibility index (Phi) is 7.37. The van der Waals surface area contributed by atoms with E-state index in [4.69, 9.17) is 15.2 Å². The summed E-state index contributed by atoms with van der Waals surface area (Å²) in [5.74, 6) is 1.71. The van der Waals surface area contributed by atoms with E-state index in [9.17, 15) is 4.39 Å². The Labute approximate surface area is 121 Å². The van der Waals surface area contributed by atoms with Crippen LogP contribution in [0.4, 0.5) is 4.39 Å². The highest BCUT2D eigenvalue weighted by Gasteiger charge is 2.12. The van der Waals surface area contributed by atoms with Crippen molar-refractivity contribution in [2.24, 2.45) is 5.73 Å². The van der Waals surface area contributed by atoms with Crippen LogP contribution in [0.3, 0.4) is 0 Å². The number of nitrogens with two attached hydrogens (primary N) is 1. The third-order valence-corrected chi connectivity index (χ3v) is 3.31. The first-order valence-corrected chi connectivity index (χ1v) is 7.17. The van der Waals surface area contributed by atoms with Gasteiger partial charge in [-0.05, 0) is 55.9 Å². The van der Waals surface area contributed by atoms with Gasteiger partial charge in [-0.15, -0.1) is 0 Å². The maximum absolute atomic E-state index is 12.1. The lowest BCUT2D eigenvalue weighted by Crippen LogP contribution is -2.18. The van der Waals surface area contributed by atoms with E-state index in [2.05, 4.69) is 0 Å². The molecule has 1 aromatic carbocycles. The molecule has 0 saturated heterocycles. The third kappa shape index (κ3) is 5.00. The fourth-order valence-electron chi connectivity index (χ4n) is 2.31. The van der Waals surface area contributed by atoms with Crippen LogP contribution in [0, 0.1) is 0 Å². The molecule has 0 aliphatic rings. The summed E-state index contributed by atoms with van der Waals surface area (Å²) in [4.78, 5) is 0. The van der Waals surface area contributed by atoms with Crippen LogP contribution in [0.2, 0.25) is 0 Å². The van der Waals surface area contributed by atoms with Gasteiger partial charge in [-0.2, -0.15) is 0 Å². The van der Waals surface area contributed by atoms with E-state index in [0.29, 0.717) is 6.42 Å². The van der Waals surface area contributed by atoms with Gasteiger partial charge in [-0.25, -0.2) is 0 Å². The molecule has 4 heteroatoms. The first-order chi connectivity index (χ1) is 9.62. The number of halogens is 1. The van der Waals surface area contributed by atoms with Crippen LogP contribution in [-0.4, -0.2) is 26.9 Å². The van der Waals surface area contributed by atoms with Crippen molar-refractivity contribution in [1.29, 1.82) is 0 Å². The van der Waals surface area contributed by atoms with Crippen molar-refractivity contribution in [3.63, 3.8) is 0 Å². The molecule has 0 aromatic heterocycles. The highest BCUT2D eigenvalue weighted by atomic mass is 19.1. The van der Waals surface area contributed by atoms with Gasteiger partial charge in [0.2, 0.25) is 0 Å². The SMILES string of the molecule is COc1cc(CC(C)N)c(OC)cc1CCCCCF. The highest BCUT2D eigenvalue weighted by Crippen LogP contribution is 2.30. The molecule has 3 nitrogen and oxygen atoms in total. The summed E-state index contributed by atoms with van der Waals surface area (Å²) in [5.41, 5.74) is 8.03. The van der Waals surface area contributed by atoms with Crippen molar-refractivity contribution in [3.05, 3.63) is 23.3 Å². The zero-order chi connectivity index (χ0) is 15.0. The Bertz CT molecular complexity index is 408. The second-order valence-electron chi connectivity index (χ2n) is 5.16. The fourth-order valence-corrected chi connectivity index (χ4v) is 2.31. The Balaban J connectivity index is 2.88. The van der Waals surface area contributed by atoms with Gasteiger partial charge >= 0.3 is 0 Å². The highest BCUT2D eigenvalue weighted by molar-refractivity contribution is 5.47. The number of aryl methyl sites for hydroxylation is 1. The van der Waals surface area contributed by atoms with Crippen LogP contribution < -0.4 is 15.2 Å². The van der Waals surface area contributed by atoms with Gasteiger partial charge in [0.25, 0.3) is 0 Å². The average molecular weight is 283 g/mol. The zero-order valence-corrected chi connectivity index (χ0v) is 12.7.